The van der Waals surface area contributed by atoms with Crippen LogP contribution in [0.2, 0.25) is 0 Å². The number of nitrogens with zero attached hydrogens (tertiary/aromatic N) is 2. The smallest absolute Gasteiger partial charge is 0.269 e. The number of ether oxygens (including phenoxy) is 1. The van der Waals surface area contributed by atoms with Crippen molar-refractivity contribution in [3.05, 3.63) is 53.9 Å². The SMILES string of the molecule is CCO[C@H](CNC(=O)c1ccnn1C)c1ccccc1. The molecule has 0 radical (unpaired) electrons. The summed E-state index contributed by atoms with van der Waals surface area (Å²) >= 11 is 0. The maximum Gasteiger partial charge on any atom is 0.269 e. The first-order chi connectivity index (χ1) is 9.72. The van der Waals surface area contributed by atoms with E-state index in [1.54, 1.807) is 24.0 Å². The van der Waals surface area contributed by atoms with E-state index in [1.807, 2.05) is 37.3 Å². The van der Waals surface area contributed by atoms with E-state index in [4.69, 9.17) is 4.74 Å². The highest BCUT2D eigenvalue weighted by atomic mass is 16.5. The first kappa shape index (κ1) is 14.3. The molecule has 0 unspecified atom stereocenters. The summed E-state index contributed by atoms with van der Waals surface area (Å²) in [5.41, 5.74) is 1.59. The normalized spacial score (nSPS) is 12.1. The Hall–Kier alpha value is -2.14. The number of nitrogens with one attached hydrogen (secondary N) is 1. The zero-order valence-corrected chi connectivity index (χ0v) is 11.7. The van der Waals surface area contributed by atoms with Crippen molar-refractivity contribution >= 4 is 5.91 Å². The van der Waals surface area contributed by atoms with Crippen LogP contribution in [-0.4, -0.2) is 28.8 Å². The van der Waals surface area contributed by atoms with Gasteiger partial charge in [-0.3, -0.25) is 9.48 Å². The molecule has 1 N–H and O–H groups in total. The summed E-state index contributed by atoms with van der Waals surface area (Å²) in [5.74, 6) is -0.148. The Morgan fingerprint density at radius 2 is 2.10 bits per heavy atom. The second-order valence-corrected chi connectivity index (χ2v) is 4.40. The Balaban J connectivity index is 1.99. The molecule has 0 spiro atoms. The average molecular weight is 273 g/mol. The van der Waals surface area contributed by atoms with Crippen LogP contribution in [0.4, 0.5) is 0 Å². The van der Waals surface area contributed by atoms with E-state index >= 15 is 0 Å². The lowest BCUT2D eigenvalue weighted by Crippen LogP contribution is -2.30. The Bertz CT molecular complexity index is 551. The van der Waals surface area contributed by atoms with Crippen LogP contribution in [0.3, 0.4) is 0 Å². The maximum atomic E-state index is 12.0. The minimum Gasteiger partial charge on any atom is -0.372 e. The largest absolute Gasteiger partial charge is 0.372 e. The van der Waals surface area contributed by atoms with Gasteiger partial charge in [0.05, 0.1) is 6.10 Å². The van der Waals surface area contributed by atoms with E-state index in [1.165, 1.54) is 0 Å². The second kappa shape index (κ2) is 6.86. The molecule has 20 heavy (non-hydrogen) atoms. The van der Waals surface area contributed by atoms with Gasteiger partial charge >= 0.3 is 0 Å². The maximum absolute atomic E-state index is 12.0. The average Bonchev–Trinajstić information content (AvgIpc) is 2.90. The van der Waals surface area contributed by atoms with Crippen molar-refractivity contribution in [3.63, 3.8) is 0 Å². The third kappa shape index (κ3) is 3.45. The van der Waals surface area contributed by atoms with Gasteiger partial charge in [0.2, 0.25) is 0 Å². The van der Waals surface area contributed by atoms with Crippen molar-refractivity contribution in [2.24, 2.45) is 7.05 Å². The Morgan fingerprint density at radius 3 is 2.70 bits per heavy atom. The molecule has 106 valence electrons. The fourth-order valence-electron chi connectivity index (χ4n) is 2.01. The third-order valence-electron chi connectivity index (χ3n) is 3.04. The lowest BCUT2D eigenvalue weighted by atomic mass is 10.1. The monoisotopic (exact) mass is 273 g/mol. The predicted octanol–water partition coefficient (Wildman–Crippen LogP) is 1.93. The quantitative estimate of drug-likeness (QED) is 0.875. The molecule has 1 aromatic heterocycles. The van der Waals surface area contributed by atoms with Crippen LogP contribution in [-0.2, 0) is 11.8 Å². The third-order valence-corrected chi connectivity index (χ3v) is 3.04. The summed E-state index contributed by atoms with van der Waals surface area (Å²) in [6.45, 7) is 2.97. The number of hydrogen-bond donors (Lipinski definition) is 1. The number of amides is 1. The molecule has 0 aliphatic heterocycles. The fourth-order valence-corrected chi connectivity index (χ4v) is 2.01. The van der Waals surface area contributed by atoms with Gasteiger partial charge in [-0.2, -0.15) is 5.10 Å². The highest BCUT2D eigenvalue weighted by Crippen LogP contribution is 2.16. The Morgan fingerprint density at radius 1 is 1.35 bits per heavy atom. The molecule has 1 amide bonds. The minimum atomic E-state index is -0.148. The zero-order valence-electron chi connectivity index (χ0n) is 11.7. The van der Waals surface area contributed by atoms with E-state index in [0.29, 0.717) is 18.8 Å². The van der Waals surface area contributed by atoms with Crippen LogP contribution in [0.5, 0.6) is 0 Å². The van der Waals surface area contributed by atoms with Crippen LogP contribution in [0.1, 0.15) is 29.1 Å². The summed E-state index contributed by atoms with van der Waals surface area (Å²) in [6.07, 6.45) is 1.46. The molecular weight excluding hydrogens is 254 g/mol. The van der Waals surface area contributed by atoms with Crippen molar-refractivity contribution in [2.45, 2.75) is 13.0 Å². The number of hydrogen-bond acceptors (Lipinski definition) is 3. The van der Waals surface area contributed by atoms with Crippen molar-refractivity contribution in [2.75, 3.05) is 13.2 Å². The van der Waals surface area contributed by atoms with Gasteiger partial charge in [0.15, 0.2) is 0 Å². The molecule has 5 heteroatoms. The molecule has 0 saturated carbocycles. The lowest BCUT2D eigenvalue weighted by Gasteiger charge is -2.18. The number of rotatable bonds is 6. The summed E-state index contributed by atoms with van der Waals surface area (Å²) < 4.78 is 7.24. The van der Waals surface area contributed by atoms with E-state index in [0.717, 1.165) is 5.56 Å². The molecule has 5 nitrogen and oxygen atoms in total. The van der Waals surface area contributed by atoms with Gasteiger partial charge < -0.3 is 10.1 Å². The molecule has 2 aromatic rings. The Kier molecular flexibility index (Phi) is 4.90. The molecule has 1 heterocycles. The molecule has 0 aliphatic rings. The second-order valence-electron chi connectivity index (χ2n) is 4.40. The highest BCUT2D eigenvalue weighted by Gasteiger charge is 2.15. The number of aryl methyl sites for hydroxylation is 1. The van der Waals surface area contributed by atoms with Crippen LogP contribution < -0.4 is 5.32 Å². The molecule has 1 atom stereocenters. The number of aromatic nitrogens is 2. The summed E-state index contributed by atoms with van der Waals surface area (Å²) in [4.78, 5) is 12.0. The number of carbonyl (C=O) groups excluding carboxylic acids is 1. The predicted molar refractivity (Wildman–Crippen MR) is 76.4 cm³/mol. The van der Waals surface area contributed by atoms with Gasteiger partial charge in [-0.1, -0.05) is 30.3 Å². The van der Waals surface area contributed by atoms with Gasteiger partial charge in [-0.25, -0.2) is 0 Å². The molecular formula is C15H19N3O2. The van der Waals surface area contributed by atoms with Crippen molar-refractivity contribution in [1.82, 2.24) is 15.1 Å². The van der Waals surface area contributed by atoms with E-state index < -0.39 is 0 Å². The molecule has 1 aromatic carbocycles. The van der Waals surface area contributed by atoms with Gasteiger partial charge in [-0.05, 0) is 18.6 Å². The van der Waals surface area contributed by atoms with Crippen LogP contribution in [0.15, 0.2) is 42.6 Å². The van der Waals surface area contributed by atoms with Crippen molar-refractivity contribution in [3.8, 4) is 0 Å². The number of benzene rings is 1. The lowest BCUT2D eigenvalue weighted by molar-refractivity contribution is 0.0583. The topological polar surface area (TPSA) is 56.1 Å². The molecule has 0 aliphatic carbocycles. The minimum absolute atomic E-state index is 0.140. The van der Waals surface area contributed by atoms with E-state index in [-0.39, 0.29) is 12.0 Å². The van der Waals surface area contributed by atoms with Crippen molar-refractivity contribution < 1.29 is 9.53 Å². The van der Waals surface area contributed by atoms with E-state index in [9.17, 15) is 4.79 Å². The van der Waals surface area contributed by atoms with E-state index in [2.05, 4.69) is 10.4 Å². The van der Waals surface area contributed by atoms with Crippen LogP contribution in [0.25, 0.3) is 0 Å². The summed E-state index contributed by atoms with van der Waals surface area (Å²) in [5, 5.41) is 6.87. The van der Waals surface area contributed by atoms with Crippen LogP contribution in [0, 0.1) is 0 Å². The highest BCUT2D eigenvalue weighted by molar-refractivity contribution is 5.92. The molecule has 0 bridgehead atoms. The Labute approximate surface area is 118 Å². The van der Waals surface area contributed by atoms with Gasteiger partial charge in [0.1, 0.15) is 5.69 Å². The first-order valence-electron chi connectivity index (χ1n) is 6.65. The standard InChI is InChI=1S/C15H19N3O2/c1-3-20-14(12-7-5-4-6-8-12)11-16-15(19)13-9-10-17-18(13)2/h4-10,14H,3,11H2,1-2H3,(H,16,19)/t14-/m1/s1. The first-order valence-corrected chi connectivity index (χ1v) is 6.65. The number of carbonyl (C=O) groups is 1. The van der Waals surface area contributed by atoms with Gasteiger partial charge in [0.25, 0.3) is 5.91 Å². The molecule has 0 fully saturated rings. The van der Waals surface area contributed by atoms with Crippen molar-refractivity contribution in [1.29, 1.82) is 0 Å². The van der Waals surface area contributed by atoms with Crippen LogP contribution >= 0.6 is 0 Å². The summed E-state index contributed by atoms with van der Waals surface area (Å²) in [7, 11) is 1.74. The molecule has 0 saturated heterocycles. The summed E-state index contributed by atoms with van der Waals surface area (Å²) in [6, 6.07) is 11.6. The molecule has 2 rings (SSSR count). The fraction of sp³-hybridized carbons (Fsp3) is 0.333. The zero-order chi connectivity index (χ0) is 14.4. The van der Waals surface area contributed by atoms with Gasteiger partial charge in [0, 0.05) is 26.4 Å². The van der Waals surface area contributed by atoms with Gasteiger partial charge in [-0.15, -0.1) is 0 Å².